The summed E-state index contributed by atoms with van der Waals surface area (Å²) >= 11 is 0. The molecule has 0 bridgehead atoms. The molecule has 3 nitrogen and oxygen atoms in total. The fraction of sp³-hybridized carbons (Fsp3) is 0.429. The van der Waals surface area contributed by atoms with Crippen LogP contribution < -0.4 is 0 Å². The Bertz CT molecular complexity index is 656. The van der Waals surface area contributed by atoms with Crippen LogP contribution in [0.2, 0.25) is 0 Å². The zero-order valence-corrected chi connectivity index (χ0v) is 14.6. The lowest BCUT2D eigenvalue weighted by molar-refractivity contribution is 0.0690. The van der Waals surface area contributed by atoms with Crippen molar-refractivity contribution in [1.29, 1.82) is 0 Å². The van der Waals surface area contributed by atoms with Crippen LogP contribution >= 0.6 is 0 Å². The highest BCUT2D eigenvalue weighted by Gasteiger charge is 2.24. The zero-order chi connectivity index (χ0) is 16.9. The molecule has 0 saturated carbocycles. The van der Waals surface area contributed by atoms with Gasteiger partial charge in [0.2, 0.25) is 0 Å². The second-order valence-corrected chi connectivity index (χ2v) is 7.04. The standard InChI is InChI=1S/C21H26N2O/c1-16(2)18-6-8-19(9-7-18)21(24)23-13-10-17(11-14-23)15-20-5-3-4-12-22-20/h3-9,12,16-17H,10-11,13-15H2,1-2H3. The van der Waals surface area contributed by atoms with E-state index in [4.69, 9.17) is 0 Å². The van der Waals surface area contributed by atoms with E-state index in [9.17, 15) is 4.79 Å². The minimum absolute atomic E-state index is 0.168. The number of benzene rings is 1. The molecule has 1 aromatic carbocycles. The highest BCUT2D eigenvalue weighted by atomic mass is 16.2. The van der Waals surface area contributed by atoms with E-state index in [1.165, 1.54) is 5.56 Å². The van der Waals surface area contributed by atoms with Crippen molar-refractivity contribution in [2.24, 2.45) is 5.92 Å². The van der Waals surface area contributed by atoms with Gasteiger partial charge in [0.05, 0.1) is 0 Å². The first-order valence-electron chi connectivity index (χ1n) is 8.92. The molecule has 0 radical (unpaired) electrons. The highest BCUT2D eigenvalue weighted by molar-refractivity contribution is 5.94. The first kappa shape index (κ1) is 16.7. The molecule has 0 spiro atoms. The summed E-state index contributed by atoms with van der Waals surface area (Å²) in [4.78, 5) is 19.1. The van der Waals surface area contributed by atoms with Crippen LogP contribution in [-0.2, 0) is 6.42 Å². The van der Waals surface area contributed by atoms with Crippen molar-refractivity contribution in [2.45, 2.75) is 39.0 Å². The van der Waals surface area contributed by atoms with Crippen molar-refractivity contribution in [2.75, 3.05) is 13.1 Å². The van der Waals surface area contributed by atoms with Gasteiger partial charge in [-0.25, -0.2) is 0 Å². The lowest BCUT2D eigenvalue weighted by Crippen LogP contribution is -2.38. The first-order chi connectivity index (χ1) is 11.6. The molecular weight excluding hydrogens is 296 g/mol. The predicted molar refractivity (Wildman–Crippen MR) is 97.1 cm³/mol. The van der Waals surface area contributed by atoms with Gasteiger partial charge in [-0.3, -0.25) is 9.78 Å². The van der Waals surface area contributed by atoms with Crippen LogP contribution in [0.15, 0.2) is 48.7 Å². The Labute approximate surface area is 144 Å². The Morgan fingerprint density at radius 3 is 2.42 bits per heavy atom. The van der Waals surface area contributed by atoms with Crippen molar-refractivity contribution in [3.63, 3.8) is 0 Å². The molecule has 2 heterocycles. The number of hydrogen-bond donors (Lipinski definition) is 0. The highest BCUT2D eigenvalue weighted by Crippen LogP contribution is 2.23. The van der Waals surface area contributed by atoms with Gasteiger partial charge in [0.1, 0.15) is 0 Å². The Kier molecular flexibility index (Phi) is 5.29. The predicted octanol–water partition coefficient (Wildman–Crippen LogP) is 4.30. The largest absolute Gasteiger partial charge is 0.339 e. The number of piperidine rings is 1. The summed E-state index contributed by atoms with van der Waals surface area (Å²) in [7, 11) is 0. The van der Waals surface area contributed by atoms with Crippen LogP contribution in [0, 0.1) is 5.92 Å². The lowest BCUT2D eigenvalue weighted by Gasteiger charge is -2.32. The number of pyridine rings is 1. The molecule has 1 aliphatic rings. The van der Waals surface area contributed by atoms with E-state index in [1.54, 1.807) is 0 Å². The topological polar surface area (TPSA) is 33.2 Å². The third kappa shape index (κ3) is 4.02. The SMILES string of the molecule is CC(C)c1ccc(C(=O)N2CCC(Cc3ccccn3)CC2)cc1. The van der Waals surface area contributed by atoms with Crippen LogP contribution in [0.5, 0.6) is 0 Å². The van der Waals surface area contributed by atoms with Gasteiger partial charge in [0, 0.05) is 30.5 Å². The maximum atomic E-state index is 12.7. The minimum atomic E-state index is 0.168. The van der Waals surface area contributed by atoms with Gasteiger partial charge in [0.25, 0.3) is 5.91 Å². The van der Waals surface area contributed by atoms with Gasteiger partial charge in [-0.2, -0.15) is 0 Å². The molecular formula is C21H26N2O. The van der Waals surface area contributed by atoms with Gasteiger partial charge in [-0.1, -0.05) is 32.0 Å². The van der Waals surface area contributed by atoms with Crippen LogP contribution in [0.4, 0.5) is 0 Å². The molecule has 1 amide bonds. The molecule has 1 saturated heterocycles. The summed E-state index contributed by atoms with van der Waals surface area (Å²) in [5.41, 5.74) is 3.25. The molecule has 126 valence electrons. The molecule has 0 unspecified atom stereocenters. The second-order valence-electron chi connectivity index (χ2n) is 7.04. The fourth-order valence-corrected chi connectivity index (χ4v) is 3.35. The van der Waals surface area contributed by atoms with Crippen molar-refractivity contribution in [3.05, 3.63) is 65.5 Å². The smallest absolute Gasteiger partial charge is 0.253 e. The van der Waals surface area contributed by atoms with E-state index >= 15 is 0 Å². The van der Waals surface area contributed by atoms with Crippen LogP contribution in [0.25, 0.3) is 0 Å². The lowest BCUT2D eigenvalue weighted by atomic mass is 9.91. The van der Waals surface area contributed by atoms with Crippen molar-refractivity contribution in [1.82, 2.24) is 9.88 Å². The van der Waals surface area contributed by atoms with E-state index < -0.39 is 0 Å². The third-order valence-corrected chi connectivity index (χ3v) is 4.95. The average Bonchev–Trinajstić information content (AvgIpc) is 2.63. The van der Waals surface area contributed by atoms with E-state index in [0.29, 0.717) is 11.8 Å². The monoisotopic (exact) mass is 322 g/mol. The van der Waals surface area contributed by atoms with Crippen molar-refractivity contribution in [3.8, 4) is 0 Å². The molecule has 1 aromatic heterocycles. The summed E-state index contributed by atoms with van der Waals surface area (Å²) < 4.78 is 0. The zero-order valence-electron chi connectivity index (χ0n) is 14.6. The molecule has 1 aliphatic heterocycles. The van der Waals surface area contributed by atoms with Gasteiger partial charge in [-0.15, -0.1) is 0 Å². The van der Waals surface area contributed by atoms with Crippen molar-refractivity contribution < 1.29 is 4.79 Å². The summed E-state index contributed by atoms with van der Waals surface area (Å²) in [6.45, 7) is 6.04. The maximum Gasteiger partial charge on any atom is 0.253 e. The molecule has 0 N–H and O–H groups in total. The normalized spacial score (nSPS) is 15.7. The fourth-order valence-electron chi connectivity index (χ4n) is 3.35. The quantitative estimate of drug-likeness (QED) is 0.841. The van der Waals surface area contributed by atoms with Gasteiger partial charge in [-0.05, 0) is 60.9 Å². The Balaban J connectivity index is 1.55. The number of likely N-dealkylation sites (tertiary alicyclic amines) is 1. The van der Waals surface area contributed by atoms with Crippen LogP contribution in [0.3, 0.4) is 0 Å². The molecule has 3 rings (SSSR count). The molecule has 0 atom stereocenters. The molecule has 1 fully saturated rings. The summed E-state index contributed by atoms with van der Waals surface area (Å²) in [6, 6.07) is 14.2. The molecule has 0 aliphatic carbocycles. The van der Waals surface area contributed by atoms with Crippen LogP contribution in [-0.4, -0.2) is 28.9 Å². The van der Waals surface area contributed by atoms with Gasteiger partial charge < -0.3 is 4.90 Å². The van der Waals surface area contributed by atoms with E-state index in [0.717, 1.165) is 43.6 Å². The van der Waals surface area contributed by atoms with E-state index in [1.807, 2.05) is 35.4 Å². The van der Waals surface area contributed by atoms with Crippen LogP contribution in [0.1, 0.15) is 54.2 Å². The van der Waals surface area contributed by atoms with E-state index in [2.05, 4.69) is 37.0 Å². The summed E-state index contributed by atoms with van der Waals surface area (Å²) in [5, 5.41) is 0. The maximum absolute atomic E-state index is 12.7. The van der Waals surface area contributed by atoms with Crippen molar-refractivity contribution >= 4 is 5.91 Å². The molecule has 24 heavy (non-hydrogen) atoms. The van der Waals surface area contributed by atoms with Gasteiger partial charge in [0.15, 0.2) is 0 Å². The Morgan fingerprint density at radius 1 is 1.12 bits per heavy atom. The number of nitrogens with zero attached hydrogens (tertiary/aromatic N) is 2. The van der Waals surface area contributed by atoms with Gasteiger partial charge >= 0.3 is 0 Å². The number of hydrogen-bond acceptors (Lipinski definition) is 2. The average molecular weight is 322 g/mol. The number of rotatable bonds is 4. The summed E-state index contributed by atoms with van der Waals surface area (Å²) in [5.74, 6) is 1.30. The molecule has 3 heteroatoms. The number of carbonyl (C=O) groups is 1. The summed E-state index contributed by atoms with van der Waals surface area (Å²) in [6.07, 6.45) is 5.00. The minimum Gasteiger partial charge on any atom is -0.339 e. The Morgan fingerprint density at radius 2 is 1.83 bits per heavy atom. The number of carbonyl (C=O) groups excluding carboxylic acids is 1. The first-order valence-corrected chi connectivity index (χ1v) is 8.92. The second kappa shape index (κ2) is 7.61. The molecule has 2 aromatic rings. The Hall–Kier alpha value is -2.16. The number of aromatic nitrogens is 1. The number of amides is 1. The third-order valence-electron chi connectivity index (χ3n) is 4.95. The van der Waals surface area contributed by atoms with E-state index in [-0.39, 0.29) is 5.91 Å².